The first-order chi connectivity index (χ1) is 12.2. The lowest BCUT2D eigenvalue weighted by Gasteiger charge is -2.27. The topological polar surface area (TPSA) is 59.7 Å². The molecule has 0 saturated heterocycles. The minimum absolute atomic E-state index is 0.132. The van der Waals surface area contributed by atoms with Crippen molar-refractivity contribution >= 4 is 46.4 Å². The number of hydrogen-bond donors (Lipinski definition) is 0. The van der Waals surface area contributed by atoms with Gasteiger partial charge in [0.15, 0.2) is 5.65 Å². The van der Waals surface area contributed by atoms with Gasteiger partial charge in [-0.25, -0.2) is 19.1 Å². The van der Waals surface area contributed by atoms with Crippen LogP contribution in [0.25, 0.3) is 5.65 Å². The number of carbonyl (C=O) groups excluding carboxylic acids is 1. The Labute approximate surface area is 159 Å². The van der Waals surface area contributed by atoms with Crippen LogP contribution >= 0.6 is 23.2 Å². The molecule has 0 aliphatic heterocycles. The SMILES string of the molecule is CC(C)(C)OC(=O)N(c1ccc(F)c(Cl)c1)c1cc(Cl)nc2ccnn12. The third-order valence-electron chi connectivity index (χ3n) is 3.28. The van der Waals surface area contributed by atoms with Crippen LogP contribution in [0.15, 0.2) is 36.5 Å². The van der Waals surface area contributed by atoms with Crippen LogP contribution in [0.5, 0.6) is 0 Å². The number of nitrogens with zero attached hydrogens (tertiary/aromatic N) is 4. The lowest BCUT2D eigenvalue weighted by Crippen LogP contribution is -2.35. The van der Waals surface area contributed by atoms with Gasteiger partial charge in [-0.3, -0.25) is 0 Å². The normalized spacial score (nSPS) is 11.6. The predicted molar refractivity (Wildman–Crippen MR) is 97.8 cm³/mol. The second kappa shape index (κ2) is 6.74. The van der Waals surface area contributed by atoms with Crippen molar-refractivity contribution in [2.45, 2.75) is 26.4 Å². The fourth-order valence-corrected chi connectivity index (χ4v) is 2.65. The van der Waals surface area contributed by atoms with E-state index in [4.69, 9.17) is 27.9 Å². The molecule has 2 heterocycles. The highest BCUT2D eigenvalue weighted by Gasteiger charge is 2.28. The van der Waals surface area contributed by atoms with Gasteiger partial charge in [-0.15, -0.1) is 0 Å². The summed E-state index contributed by atoms with van der Waals surface area (Å²) in [7, 11) is 0. The smallest absolute Gasteiger partial charge is 0.420 e. The summed E-state index contributed by atoms with van der Waals surface area (Å²) in [5.41, 5.74) is -0.0156. The molecule has 0 atom stereocenters. The Kier molecular flexibility index (Phi) is 4.77. The summed E-state index contributed by atoms with van der Waals surface area (Å²) in [4.78, 5) is 18.2. The summed E-state index contributed by atoms with van der Waals surface area (Å²) in [5.74, 6) is -0.321. The summed E-state index contributed by atoms with van der Waals surface area (Å²) in [5, 5.41) is 4.19. The molecule has 9 heteroatoms. The standard InChI is InChI=1S/C17H15Cl2FN4O2/c1-17(2,3)26-16(25)23(10-4-5-12(20)11(18)8-10)15-9-13(19)22-14-6-7-21-24(14)15/h4-9H,1-3H3. The molecule has 0 saturated carbocycles. The van der Waals surface area contributed by atoms with Crippen molar-refractivity contribution in [1.82, 2.24) is 14.6 Å². The van der Waals surface area contributed by atoms with Gasteiger partial charge in [0.25, 0.3) is 0 Å². The van der Waals surface area contributed by atoms with Crippen molar-refractivity contribution in [2.24, 2.45) is 0 Å². The average molecular weight is 397 g/mol. The van der Waals surface area contributed by atoms with Gasteiger partial charge < -0.3 is 4.74 Å². The molecule has 3 aromatic rings. The molecule has 0 fully saturated rings. The summed E-state index contributed by atoms with van der Waals surface area (Å²) in [6, 6.07) is 7.00. The van der Waals surface area contributed by atoms with E-state index in [-0.39, 0.29) is 16.0 Å². The van der Waals surface area contributed by atoms with Crippen LogP contribution in [0.4, 0.5) is 20.7 Å². The molecule has 0 bridgehead atoms. The molecule has 0 aliphatic rings. The number of carbonyl (C=O) groups is 1. The van der Waals surface area contributed by atoms with Gasteiger partial charge >= 0.3 is 6.09 Å². The number of halogens is 3. The summed E-state index contributed by atoms with van der Waals surface area (Å²) in [6.07, 6.45) is 0.826. The van der Waals surface area contributed by atoms with E-state index in [0.29, 0.717) is 11.3 Å². The Balaban J connectivity index is 2.21. The van der Waals surface area contributed by atoms with Crippen molar-refractivity contribution in [1.29, 1.82) is 0 Å². The lowest BCUT2D eigenvalue weighted by molar-refractivity contribution is 0.0597. The second-order valence-electron chi connectivity index (χ2n) is 6.45. The Morgan fingerprint density at radius 1 is 1.23 bits per heavy atom. The maximum absolute atomic E-state index is 13.6. The van der Waals surface area contributed by atoms with E-state index in [1.165, 1.54) is 33.8 Å². The Morgan fingerprint density at radius 3 is 2.62 bits per heavy atom. The maximum Gasteiger partial charge on any atom is 0.420 e. The average Bonchev–Trinajstić information content (AvgIpc) is 2.97. The molecule has 26 heavy (non-hydrogen) atoms. The zero-order chi connectivity index (χ0) is 19.1. The highest BCUT2D eigenvalue weighted by Crippen LogP contribution is 2.32. The Bertz CT molecular complexity index is 985. The third-order valence-corrected chi connectivity index (χ3v) is 3.76. The van der Waals surface area contributed by atoms with Gasteiger partial charge in [0, 0.05) is 12.1 Å². The molecule has 6 nitrogen and oxygen atoms in total. The molecule has 1 aromatic carbocycles. The predicted octanol–water partition coefficient (Wildman–Crippen LogP) is 5.25. The maximum atomic E-state index is 13.6. The van der Waals surface area contributed by atoms with Crippen LogP contribution < -0.4 is 4.90 Å². The van der Waals surface area contributed by atoms with Crippen LogP contribution in [-0.2, 0) is 4.74 Å². The van der Waals surface area contributed by atoms with E-state index >= 15 is 0 Å². The van der Waals surface area contributed by atoms with E-state index in [0.717, 1.165) is 6.07 Å². The van der Waals surface area contributed by atoms with Gasteiger partial charge in [-0.2, -0.15) is 9.61 Å². The number of aromatic nitrogens is 3. The van der Waals surface area contributed by atoms with E-state index in [1.807, 2.05) is 0 Å². The van der Waals surface area contributed by atoms with Crippen LogP contribution in [0.1, 0.15) is 20.8 Å². The minimum Gasteiger partial charge on any atom is -0.443 e. The highest BCUT2D eigenvalue weighted by molar-refractivity contribution is 6.31. The van der Waals surface area contributed by atoms with Gasteiger partial charge in [-0.05, 0) is 39.0 Å². The Morgan fingerprint density at radius 2 is 1.96 bits per heavy atom. The lowest BCUT2D eigenvalue weighted by atomic mass is 10.2. The van der Waals surface area contributed by atoms with Crippen LogP contribution in [0, 0.1) is 5.82 Å². The van der Waals surface area contributed by atoms with Crippen molar-refractivity contribution < 1.29 is 13.9 Å². The number of benzene rings is 1. The molecule has 0 spiro atoms. The van der Waals surface area contributed by atoms with Gasteiger partial charge in [0.1, 0.15) is 22.4 Å². The molecular weight excluding hydrogens is 382 g/mol. The van der Waals surface area contributed by atoms with Crippen LogP contribution in [0.3, 0.4) is 0 Å². The number of fused-ring (bicyclic) bond motifs is 1. The molecule has 0 radical (unpaired) electrons. The number of rotatable bonds is 2. The quantitative estimate of drug-likeness (QED) is 0.555. The van der Waals surface area contributed by atoms with Crippen LogP contribution in [-0.4, -0.2) is 26.3 Å². The van der Waals surface area contributed by atoms with E-state index in [9.17, 15) is 9.18 Å². The first-order valence-corrected chi connectivity index (χ1v) is 8.40. The molecule has 0 aliphatic carbocycles. The first kappa shape index (κ1) is 18.4. The van der Waals surface area contributed by atoms with E-state index in [1.54, 1.807) is 26.8 Å². The van der Waals surface area contributed by atoms with Gasteiger partial charge in [0.2, 0.25) is 0 Å². The fourth-order valence-electron chi connectivity index (χ4n) is 2.29. The van der Waals surface area contributed by atoms with Gasteiger partial charge in [-0.1, -0.05) is 23.2 Å². The number of amides is 1. The number of anilines is 2. The Hall–Kier alpha value is -2.38. The summed E-state index contributed by atoms with van der Waals surface area (Å²) < 4.78 is 20.5. The van der Waals surface area contributed by atoms with E-state index in [2.05, 4.69) is 10.1 Å². The number of hydrogen-bond acceptors (Lipinski definition) is 4. The molecule has 136 valence electrons. The summed E-state index contributed by atoms with van der Waals surface area (Å²) >= 11 is 12.0. The van der Waals surface area contributed by atoms with Crippen molar-refractivity contribution in [2.75, 3.05) is 4.90 Å². The van der Waals surface area contributed by atoms with Crippen LogP contribution in [0.2, 0.25) is 10.2 Å². The fraction of sp³-hybridized carbons (Fsp3) is 0.235. The monoisotopic (exact) mass is 396 g/mol. The minimum atomic E-state index is -0.751. The zero-order valence-electron chi connectivity index (χ0n) is 14.2. The second-order valence-corrected chi connectivity index (χ2v) is 7.25. The largest absolute Gasteiger partial charge is 0.443 e. The third kappa shape index (κ3) is 3.73. The molecule has 2 aromatic heterocycles. The molecule has 0 unspecified atom stereocenters. The molecule has 0 N–H and O–H groups in total. The van der Waals surface area contributed by atoms with Crippen molar-refractivity contribution in [3.8, 4) is 0 Å². The number of ether oxygens (including phenoxy) is 1. The molecule has 3 rings (SSSR count). The van der Waals surface area contributed by atoms with Gasteiger partial charge in [0.05, 0.1) is 16.9 Å². The first-order valence-electron chi connectivity index (χ1n) is 7.64. The highest BCUT2D eigenvalue weighted by atomic mass is 35.5. The molecule has 1 amide bonds. The summed E-state index contributed by atoms with van der Waals surface area (Å²) in [6.45, 7) is 5.22. The van der Waals surface area contributed by atoms with Crippen molar-refractivity contribution in [3.05, 3.63) is 52.5 Å². The van der Waals surface area contributed by atoms with Crippen molar-refractivity contribution in [3.63, 3.8) is 0 Å². The zero-order valence-corrected chi connectivity index (χ0v) is 15.7. The van der Waals surface area contributed by atoms with E-state index < -0.39 is 17.5 Å². The molecular formula is C17H15Cl2FN4O2.